The number of aromatic nitrogens is 4. The highest BCUT2D eigenvalue weighted by Gasteiger charge is 2.37. The monoisotopic (exact) mass is 372 g/mol. The molecular weight excluding hydrogens is 340 g/mol. The van der Waals surface area contributed by atoms with E-state index in [1.807, 2.05) is 22.9 Å². The van der Waals surface area contributed by atoms with E-state index in [2.05, 4.69) is 55.0 Å². The number of methoxy groups -OCH3 is 1. The summed E-state index contributed by atoms with van der Waals surface area (Å²) in [6.07, 6.45) is 2.02. The highest BCUT2D eigenvalue weighted by molar-refractivity contribution is 5.30. The van der Waals surface area contributed by atoms with Crippen molar-refractivity contribution in [1.82, 2.24) is 20.2 Å². The molecular formula is C20H32N6O+2. The molecule has 1 aliphatic rings. The van der Waals surface area contributed by atoms with Crippen LogP contribution in [0.4, 0.5) is 0 Å². The fourth-order valence-electron chi connectivity index (χ4n) is 3.84. The van der Waals surface area contributed by atoms with Crippen LogP contribution in [0.1, 0.15) is 38.2 Å². The zero-order valence-electron chi connectivity index (χ0n) is 16.9. The van der Waals surface area contributed by atoms with Gasteiger partial charge in [-0.3, -0.25) is 0 Å². The van der Waals surface area contributed by atoms with Crippen LogP contribution in [0, 0.1) is 0 Å². The Morgan fingerprint density at radius 1 is 1.19 bits per heavy atom. The predicted octanol–water partition coefficient (Wildman–Crippen LogP) is -0.504. The first-order chi connectivity index (χ1) is 12.9. The van der Waals surface area contributed by atoms with Gasteiger partial charge < -0.3 is 14.5 Å². The molecule has 0 saturated carbocycles. The minimum Gasteiger partial charge on any atom is -0.497 e. The molecule has 1 fully saturated rings. The maximum absolute atomic E-state index is 5.34. The summed E-state index contributed by atoms with van der Waals surface area (Å²) in [5.41, 5.74) is 1.05. The topological polar surface area (TPSA) is 61.7 Å². The van der Waals surface area contributed by atoms with Crippen LogP contribution in [0.3, 0.4) is 0 Å². The van der Waals surface area contributed by atoms with E-state index in [0.717, 1.165) is 44.3 Å². The SMILES string of the molecule is C=CC[NH+]1CC[NH+]([C@H](c2ccc(OC)cc2)c2nnnn2C(C)(C)C)CC1. The molecule has 0 unspecified atom stereocenters. The van der Waals surface area contributed by atoms with Gasteiger partial charge in [0.2, 0.25) is 5.82 Å². The molecule has 27 heavy (non-hydrogen) atoms. The molecule has 7 heteroatoms. The van der Waals surface area contributed by atoms with E-state index in [0.29, 0.717) is 0 Å². The van der Waals surface area contributed by atoms with E-state index in [-0.39, 0.29) is 11.6 Å². The van der Waals surface area contributed by atoms with Crippen molar-refractivity contribution in [3.63, 3.8) is 0 Å². The second kappa shape index (κ2) is 8.19. The number of hydrogen-bond donors (Lipinski definition) is 2. The molecule has 2 aromatic rings. The number of benzene rings is 1. The lowest BCUT2D eigenvalue weighted by Gasteiger charge is -2.34. The van der Waals surface area contributed by atoms with E-state index >= 15 is 0 Å². The van der Waals surface area contributed by atoms with Crippen LogP contribution in [0.25, 0.3) is 0 Å². The van der Waals surface area contributed by atoms with Crippen molar-refractivity contribution in [3.8, 4) is 5.75 Å². The fraction of sp³-hybridized carbons (Fsp3) is 0.550. The van der Waals surface area contributed by atoms with Gasteiger partial charge in [-0.25, -0.2) is 4.68 Å². The summed E-state index contributed by atoms with van der Waals surface area (Å²) in [4.78, 5) is 3.10. The lowest BCUT2D eigenvalue weighted by molar-refractivity contribution is -1.02. The Morgan fingerprint density at radius 3 is 2.41 bits per heavy atom. The number of nitrogens with one attached hydrogen (secondary N) is 2. The zero-order chi connectivity index (χ0) is 19.4. The number of rotatable bonds is 6. The van der Waals surface area contributed by atoms with Crippen LogP contribution in [0.15, 0.2) is 36.9 Å². The van der Waals surface area contributed by atoms with Crippen molar-refractivity contribution in [3.05, 3.63) is 48.3 Å². The minimum atomic E-state index is -0.168. The van der Waals surface area contributed by atoms with Crippen molar-refractivity contribution in [2.45, 2.75) is 32.4 Å². The highest BCUT2D eigenvalue weighted by atomic mass is 16.5. The summed E-state index contributed by atoms with van der Waals surface area (Å²) in [5.74, 6) is 1.79. The summed E-state index contributed by atoms with van der Waals surface area (Å²) in [6, 6.07) is 8.43. The van der Waals surface area contributed by atoms with Crippen LogP contribution >= 0.6 is 0 Å². The molecule has 1 atom stereocenters. The smallest absolute Gasteiger partial charge is 0.214 e. The molecule has 2 heterocycles. The van der Waals surface area contributed by atoms with E-state index in [1.165, 1.54) is 10.5 Å². The fourth-order valence-corrected chi connectivity index (χ4v) is 3.84. The Bertz CT molecular complexity index is 741. The molecule has 1 aliphatic heterocycles. The van der Waals surface area contributed by atoms with E-state index in [4.69, 9.17) is 4.74 Å². The molecule has 7 nitrogen and oxygen atoms in total. The third-order valence-corrected chi connectivity index (χ3v) is 5.28. The number of hydrogen-bond acceptors (Lipinski definition) is 4. The van der Waals surface area contributed by atoms with E-state index in [1.54, 1.807) is 12.0 Å². The summed E-state index contributed by atoms with van der Waals surface area (Å²) in [5, 5.41) is 12.8. The maximum atomic E-state index is 5.34. The second-order valence-electron chi connectivity index (χ2n) is 8.23. The predicted molar refractivity (Wildman–Crippen MR) is 104 cm³/mol. The number of ether oxygens (including phenoxy) is 1. The molecule has 3 rings (SSSR count). The summed E-state index contributed by atoms with van der Waals surface area (Å²) < 4.78 is 7.31. The van der Waals surface area contributed by atoms with E-state index in [9.17, 15) is 0 Å². The Labute approximate surface area is 161 Å². The quantitative estimate of drug-likeness (QED) is 0.671. The second-order valence-corrected chi connectivity index (χ2v) is 8.23. The first-order valence-corrected chi connectivity index (χ1v) is 9.65. The van der Waals surface area contributed by atoms with Crippen LogP contribution in [0.2, 0.25) is 0 Å². The van der Waals surface area contributed by atoms with Gasteiger partial charge in [-0.2, -0.15) is 0 Å². The van der Waals surface area contributed by atoms with Gasteiger partial charge in [0.1, 0.15) is 31.9 Å². The third kappa shape index (κ3) is 4.36. The van der Waals surface area contributed by atoms with Gasteiger partial charge in [0.25, 0.3) is 0 Å². The van der Waals surface area contributed by atoms with Crippen molar-refractivity contribution < 1.29 is 14.5 Å². The number of quaternary nitrogens is 2. The van der Waals surface area contributed by atoms with Gasteiger partial charge in [-0.1, -0.05) is 6.58 Å². The third-order valence-electron chi connectivity index (χ3n) is 5.28. The van der Waals surface area contributed by atoms with E-state index < -0.39 is 0 Å². The summed E-state index contributed by atoms with van der Waals surface area (Å²) in [6.45, 7) is 15.7. The van der Waals surface area contributed by atoms with Gasteiger partial charge in [0.15, 0.2) is 6.04 Å². The molecule has 1 aromatic heterocycles. The Kier molecular flexibility index (Phi) is 5.92. The lowest BCUT2D eigenvalue weighted by Crippen LogP contribution is -3.28. The molecule has 0 spiro atoms. The Balaban J connectivity index is 1.95. The normalized spacial score (nSPS) is 21.6. The van der Waals surface area contributed by atoms with Gasteiger partial charge >= 0.3 is 0 Å². The largest absolute Gasteiger partial charge is 0.497 e. The molecule has 0 bridgehead atoms. The molecule has 2 N–H and O–H groups in total. The van der Waals surface area contributed by atoms with Crippen LogP contribution < -0.4 is 14.5 Å². The average Bonchev–Trinajstić information content (AvgIpc) is 3.14. The van der Waals surface area contributed by atoms with Gasteiger partial charge in [-0.15, -0.1) is 5.10 Å². The molecule has 0 radical (unpaired) electrons. The highest BCUT2D eigenvalue weighted by Crippen LogP contribution is 2.23. The molecule has 0 aliphatic carbocycles. The Morgan fingerprint density at radius 2 is 1.85 bits per heavy atom. The van der Waals surface area contributed by atoms with Crippen LogP contribution in [0.5, 0.6) is 5.75 Å². The maximum Gasteiger partial charge on any atom is 0.214 e. The van der Waals surface area contributed by atoms with Gasteiger partial charge in [-0.05, 0) is 61.5 Å². The molecule has 1 saturated heterocycles. The Hall–Kier alpha value is -2.25. The van der Waals surface area contributed by atoms with Crippen molar-refractivity contribution in [2.24, 2.45) is 0 Å². The standard InChI is InChI=1S/C20H30N6O/c1-6-11-24-12-14-25(15-13-24)18(16-7-9-17(27-5)10-8-16)19-21-22-23-26(19)20(2,3)4/h6-10,18H,1,11-15H2,2-5H3/p+2/t18-/m1/s1. The molecule has 1 aromatic carbocycles. The van der Waals surface area contributed by atoms with Crippen molar-refractivity contribution in [2.75, 3.05) is 39.8 Å². The number of nitrogens with zero attached hydrogens (tertiary/aromatic N) is 4. The number of tetrazole rings is 1. The number of piperazine rings is 1. The van der Waals surface area contributed by atoms with Crippen LogP contribution in [-0.2, 0) is 5.54 Å². The molecule has 146 valence electrons. The summed E-state index contributed by atoms with van der Waals surface area (Å²) in [7, 11) is 1.69. The zero-order valence-corrected chi connectivity index (χ0v) is 16.9. The van der Waals surface area contributed by atoms with Gasteiger partial charge in [0.05, 0.1) is 19.2 Å². The van der Waals surface area contributed by atoms with Crippen molar-refractivity contribution in [1.29, 1.82) is 0 Å². The van der Waals surface area contributed by atoms with Gasteiger partial charge in [0, 0.05) is 5.56 Å². The lowest BCUT2D eigenvalue weighted by atomic mass is 10.0. The average molecular weight is 373 g/mol. The van der Waals surface area contributed by atoms with Crippen molar-refractivity contribution >= 4 is 0 Å². The minimum absolute atomic E-state index is 0.107. The first kappa shape index (κ1) is 19.5. The van der Waals surface area contributed by atoms with Crippen LogP contribution in [-0.4, -0.2) is 60.0 Å². The first-order valence-electron chi connectivity index (χ1n) is 9.65. The molecule has 0 amide bonds. The summed E-state index contributed by atoms with van der Waals surface area (Å²) >= 11 is 0.